The maximum absolute atomic E-state index is 12.0. The van der Waals surface area contributed by atoms with Crippen molar-refractivity contribution in [2.24, 2.45) is 11.7 Å². The maximum Gasteiger partial charge on any atom is 0.573 e. The van der Waals surface area contributed by atoms with E-state index in [0.29, 0.717) is 31.8 Å². The Bertz CT molecular complexity index is 508. The van der Waals surface area contributed by atoms with Crippen LogP contribution in [0, 0.1) is 5.92 Å². The first kappa shape index (κ1) is 19.6. The fourth-order valence-electron chi connectivity index (χ4n) is 2.52. The number of rotatable bonds is 5. The molecule has 1 fully saturated rings. The average molecular weight is 353 g/mol. The number of nitrogens with two attached hydrogens (primary N) is 1. The molecule has 0 radical (unpaired) electrons. The quantitative estimate of drug-likeness (QED) is 0.886. The molecule has 1 heterocycles. The number of ether oxygens (including phenoxy) is 1. The van der Waals surface area contributed by atoms with Crippen molar-refractivity contribution < 1.29 is 22.7 Å². The number of aryl methyl sites for hydroxylation is 1. The minimum Gasteiger partial charge on any atom is -0.406 e. The summed E-state index contributed by atoms with van der Waals surface area (Å²) < 4.78 is 39.9. The van der Waals surface area contributed by atoms with Crippen LogP contribution in [-0.2, 0) is 11.2 Å². The number of hydrogen-bond donors (Lipinski definition) is 1. The highest BCUT2D eigenvalue weighted by Crippen LogP contribution is 2.23. The highest BCUT2D eigenvalue weighted by molar-refractivity contribution is 5.85. The Morgan fingerprint density at radius 1 is 1.30 bits per heavy atom. The van der Waals surface area contributed by atoms with Gasteiger partial charge in [0.05, 0.1) is 0 Å². The molecule has 1 atom stereocenters. The van der Waals surface area contributed by atoms with E-state index >= 15 is 0 Å². The van der Waals surface area contributed by atoms with Gasteiger partial charge in [-0.2, -0.15) is 0 Å². The second-order valence-corrected chi connectivity index (χ2v) is 5.42. The third-order valence-electron chi connectivity index (χ3n) is 3.76. The Labute approximate surface area is 139 Å². The second-order valence-electron chi connectivity index (χ2n) is 5.42. The van der Waals surface area contributed by atoms with Gasteiger partial charge in [0.2, 0.25) is 5.91 Å². The summed E-state index contributed by atoms with van der Waals surface area (Å²) in [7, 11) is 0. The molecule has 0 aliphatic carbocycles. The predicted molar refractivity (Wildman–Crippen MR) is 82.4 cm³/mol. The monoisotopic (exact) mass is 352 g/mol. The lowest BCUT2D eigenvalue weighted by Gasteiger charge is -2.16. The van der Waals surface area contributed by atoms with Gasteiger partial charge >= 0.3 is 6.36 Å². The van der Waals surface area contributed by atoms with Crippen LogP contribution in [0.1, 0.15) is 18.4 Å². The van der Waals surface area contributed by atoms with Crippen molar-refractivity contribution >= 4 is 18.3 Å². The van der Waals surface area contributed by atoms with E-state index in [1.54, 1.807) is 17.0 Å². The van der Waals surface area contributed by atoms with Gasteiger partial charge in [-0.1, -0.05) is 12.1 Å². The lowest BCUT2D eigenvalue weighted by molar-refractivity contribution is -0.274. The molecule has 0 bridgehead atoms. The van der Waals surface area contributed by atoms with E-state index in [0.717, 1.165) is 18.5 Å². The molecule has 1 aliphatic rings. The molecule has 23 heavy (non-hydrogen) atoms. The molecule has 4 nitrogen and oxygen atoms in total. The summed E-state index contributed by atoms with van der Waals surface area (Å²) in [6, 6.07) is 5.60. The molecule has 0 spiro atoms. The van der Waals surface area contributed by atoms with Crippen LogP contribution >= 0.6 is 12.4 Å². The minimum absolute atomic E-state index is 0. The standard InChI is InChI=1S/C15H19F3N2O2.ClH/c16-15(17,18)22-13-4-1-11(2-5-13)3-6-14(21)20-8-7-12(9-19)10-20;/h1-2,4-5,12H,3,6-10,19H2;1H. The SMILES string of the molecule is Cl.NCC1CCN(C(=O)CCc2ccc(OC(F)(F)F)cc2)C1. The van der Waals surface area contributed by atoms with Gasteiger partial charge in [0.15, 0.2) is 0 Å². The molecule has 1 aromatic carbocycles. The number of hydrogen-bond acceptors (Lipinski definition) is 3. The van der Waals surface area contributed by atoms with E-state index in [1.807, 2.05) is 0 Å². The minimum atomic E-state index is -4.69. The maximum atomic E-state index is 12.0. The van der Waals surface area contributed by atoms with E-state index in [-0.39, 0.29) is 24.1 Å². The Morgan fingerprint density at radius 3 is 2.48 bits per heavy atom. The molecule has 1 unspecified atom stereocenters. The van der Waals surface area contributed by atoms with Crippen molar-refractivity contribution in [3.05, 3.63) is 29.8 Å². The zero-order chi connectivity index (χ0) is 16.2. The number of alkyl halides is 3. The van der Waals surface area contributed by atoms with E-state index in [9.17, 15) is 18.0 Å². The van der Waals surface area contributed by atoms with Gasteiger partial charge in [0, 0.05) is 19.5 Å². The van der Waals surface area contributed by atoms with Crippen molar-refractivity contribution in [3.8, 4) is 5.75 Å². The van der Waals surface area contributed by atoms with Crippen molar-refractivity contribution in [1.82, 2.24) is 4.90 Å². The van der Waals surface area contributed by atoms with Crippen LogP contribution in [0.25, 0.3) is 0 Å². The number of nitrogens with zero attached hydrogens (tertiary/aromatic N) is 1. The third kappa shape index (κ3) is 6.27. The van der Waals surface area contributed by atoms with Gasteiger partial charge < -0.3 is 15.4 Å². The van der Waals surface area contributed by atoms with Crippen molar-refractivity contribution in [3.63, 3.8) is 0 Å². The van der Waals surface area contributed by atoms with E-state index in [1.165, 1.54) is 12.1 Å². The van der Waals surface area contributed by atoms with Crippen LogP contribution in [0.2, 0.25) is 0 Å². The second kappa shape index (κ2) is 8.40. The van der Waals surface area contributed by atoms with Crippen LogP contribution in [0.15, 0.2) is 24.3 Å². The Hall–Kier alpha value is -1.47. The Kier molecular flexibility index (Phi) is 7.15. The van der Waals surface area contributed by atoms with Gasteiger partial charge in [-0.05, 0) is 43.0 Å². The first-order valence-electron chi connectivity index (χ1n) is 7.20. The molecule has 0 aromatic heterocycles. The van der Waals surface area contributed by atoms with E-state index < -0.39 is 6.36 Å². The molecule has 2 rings (SSSR count). The van der Waals surface area contributed by atoms with Crippen LogP contribution in [0.3, 0.4) is 0 Å². The molecule has 1 aliphatic heterocycles. The van der Waals surface area contributed by atoms with Crippen molar-refractivity contribution in [2.75, 3.05) is 19.6 Å². The molecular weight excluding hydrogens is 333 g/mol. The molecule has 1 saturated heterocycles. The molecule has 0 saturated carbocycles. The highest BCUT2D eigenvalue weighted by atomic mass is 35.5. The summed E-state index contributed by atoms with van der Waals surface area (Å²) in [5.41, 5.74) is 6.39. The largest absolute Gasteiger partial charge is 0.573 e. The van der Waals surface area contributed by atoms with Crippen LogP contribution in [0.5, 0.6) is 5.75 Å². The topological polar surface area (TPSA) is 55.6 Å². The molecule has 8 heteroatoms. The highest BCUT2D eigenvalue weighted by Gasteiger charge is 2.31. The van der Waals surface area contributed by atoms with Gasteiger partial charge in [0.1, 0.15) is 5.75 Å². The summed E-state index contributed by atoms with van der Waals surface area (Å²) >= 11 is 0. The van der Waals surface area contributed by atoms with Crippen molar-refractivity contribution in [2.45, 2.75) is 25.6 Å². The zero-order valence-corrected chi connectivity index (χ0v) is 13.3. The van der Waals surface area contributed by atoms with Gasteiger partial charge in [-0.15, -0.1) is 25.6 Å². The number of halogens is 4. The molecule has 2 N–H and O–H groups in total. The number of benzene rings is 1. The first-order valence-corrected chi connectivity index (χ1v) is 7.20. The lowest BCUT2D eigenvalue weighted by atomic mass is 10.1. The zero-order valence-electron chi connectivity index (χ0n) is 12.5. The Morgan fingerprint density at radius 2 is 1.96 bits per heavy atom. The number of carbonyl (C=O) groups excluding carboxylic acids is 1. The van der Waals surface area contributed by atoms with Gasteiger partial charge in [-0.3, -0.25) is 4.79 Å². The first-order chi connectivity index (χ1) is 10.4. The number of likely N-dealkylation sites (tertiary alicyclic amines) is 1. The summed E-state index contributed by atoms with van der Waals surface area (Å²) in [5, 5.41) is 0. The van der Waals surface area contributed by atoms with Crippen LogP contribution in [-0.4, -0.2) is 36.8 Å². The van der Waals surface area contributed by atoms with Crippen molar-refractivity contribution in [1.29, 1.82) is 0 Å². The van der Waals surface area contributed by atoms with E-state index in [2.05, 4.69) is 4.74 Å². The lowest BCUT2D eigenvalue weighted by Crippen LogP contribution is -2.30. The molecule has 130 valence electrons. The number of amides is 1. The summed E-state index contributed by atoms with van der Waals surface area (Å²) in [4.78, 5) is 13.9. The summed E-state index contributed by atoms with van der Waals surface area (Å²) in [5.74, 6) is 0.183. The molecule has 1 aromatic rings. The molecule has 1 amide bonds. The summed E-state index contributed by atoms with van der Waals surface area (Å²) in [6.45, 7) is 2.03. The fraction of sp³-hybridized carbons (Fsp3) is 0.533. The van der Waals surface area contributed by atoms with Crippen LogP contribution < -0.4 is 10.5 Å². The fourth-order valence-corrected chi connectivity index (χ4v) is 2.52. The summed E-state index contributed by atoms with van der Waals surface area (Å²) in [6.07, 6.45) is -2.91. The number of carbonyl (C=O) groups is 1. The predicted octanol–water partition coefficient (Wildman–Crippen LogP) is 2.75. The smallest absolute Gasteiger partial charge is 0.406 e. The van der Waals surface area contributed by atoms with Gasteiger partial charge in [-0.25, -0.2) is 0 Å². The molecular formula is C15H20ClF3N2O2. The van der Waals surface area contributed by atoms with Gasteiger partial charge in [0.25, 0.3) is 0 Å². The van der Waals surface area contributed by atoms with E-state index in [4.69, 9.17) is 5.73 Å². The Balaban J connectivity index is 0.00000264. The normalized spacial score (nSPS) is 17.7. The average Bonchev–Trinajstić information content (AvgIpc) is 2.93. The van der Waals surface area contributed by atoms with Crippen LogP contribution in [0.4, 0.5) is 13.2 Å². The third-order valence-corrected chi connectivity index (χ3v) is 3.76.